The fraction of sp³-hybridized carbons (Fsp3) is 1.00. The van der Waals surface area contributed by atoms with Crippen molar-refractivity contribution in [1.29, 1.82) is 0 Å². The third-order valence-electron chi connectivity index (χ3n) is 51.4. The predicted molar refractivity (Wildman–Crippen MR) is 537 cm³/mol. The molecule has 0 aromatic rings. The minimum absolute atomic E-state index is 0.816. The van der Waals surface area contributed by atoms with Crippen LogP contribution in [0.3, 0.4) is 0 Å². The normalized spacial score (nSPS) is 49.6. The maximum Gasteiger partial charge on any atom is 0.156 e. The average molecular weight is 1750 g/mol. The number of nitrogens with zero attached hydrogens (tertiary/aromatic N) is 4. The van der Waals surface area contributed by atoms with Crippen molar-refractivity contribution in [3.05, 3.63) is 0 Å². The van der Waals surface area contributed by atoms with Crippen molar-refractivity contribution in [1.82, 2.24) is 19.6 Å². The first kappa shape index (κ1) is 89.3. The van der Waals surface area contributed by atoms with Crippen LogP contribution in [-0.4, -0.2) is 99.3 Å². The summed E-state index contributed by atoms with van der Waals surface area (Å²) < 4.78 is 0. The van der Waals surface area contributed by atoms with E-state index in [0.717, 1.165) is 262 Å². The van der Waals surface area contributed by atoms with E-state index in [1.165, 1.54) is 19.4 Å². The van der Waals surface area contributed by atoms with Crippen LogP contribution in [0.4, 0.5) is 0 Å². The van der Waals surface area contributed by atoms with Crippen LogP contribution < -0.4 is 0 Å². The lowest BCUT2D eigenvalue weighted by Crippen LogP contribution is -2.77. The molecule has 718 valence electrons. The Morgan fingerprint density at radius 3 is 0.922 bits per heavy atom. The SMILES string of the molecule is C1CCC(C2CCC(N(CC3CC4C5B(C6CCC(C7CCC8[C@@H]9CCC[C@@H]%10CCCC(C%109)C9CCCC7[C@@H]98)CC6N4C4C(C6CCCCC6)CC(C6CCCCC6)CC4C4CCCCC4)[C@@H]4CC[C@H](N6C7CCCC[C@H]7C7CCCC[C@H]76)CC4N(C4[C@@H](C6CCCCC6)CC(C6CCCCC6)C[C@H]4C4CCCCC4)C5C3)C3CCC(C4CCCCC4)CC3)CC2)CC1. The Balaban J connectivity index is 0.672. The topological polar surface area (TPSA) is 13.0 Å². The largest absolute Gasteiger partial charge is 0.297 e. The van der Waals surface area contributed by atoms with Crippen molar-refractivity contribution in [3.8, 4) is 0 Å². The summed E-state index contributed by atoms with van der Waals surface area (Å²) in [6.45, 7) is 2.52. The van der Waals surface area contributed by atoms with Crippen LogP contribution in [0.2, 0.25) is 17.5 Å². The van der Waals surface area contributed by atoms with E-state index >= 15 is 0 Å². The van der Waals surface area contributed by atoms with Gasteiger partial charge in [-0.05, 0) is 362 Å². The first-order valence-corrected chi connectivity index (χ1v) is 62.6. The highest BCUT2D eigenvalue weighted by Crippen LogP contribution is 2.72. The van der Waals surface area contributed by atoms with Gasteiger partial charge >= 0.3 is 0 Å². The first-order chi connectivity index (χ1) is 63.5. The summed E-state index contributed by atoms with van der Waals surface area (Å²) >= 11 is 0. The minimum atomic E-state index is 0.816. The lowest BCUT2D eigenvalue weighted by Gasteiger charge is -2.73. The molecule has 128 heavy (non-hydrogen) atoms. The summed E-state index contributed by atoms with van der Waals surface area (Å²) in [5, 5.41) is 0. The number of likely N-dealkylation sites (tertiary alicyclic amines) is 1. The fourth-order valence-corrected chi connectivity index (χ4v) is 47.0. The lowest BCUT2D eigenvalue weighted by atomic mass is 9.18. The van der Waals surface area contributed by atoms with Gasteiger partial charge in [-0.1, -0.05) is 334 Å². The molecule has 0 aromatic heterocycles. The van der Waals surface area contributed by atoms with E-state index in [1.807, 2.05) is 0 Å². The van der Waals surface area contributed by atoms with E-state index in [2.05, 4.69) is 19.6 Å². The quantitative estimate of drug-likeness (QED) is 0.143. The molecule has 5 heteroatoms. The molecule has 29 atom stereocenters. The zero-order chi connectivity index (χ0) is 84.3. The zero-order valence-electron chi connectivity index (χ0n) is 83.8. The van der Waals surface area contributed by atoms with Crippen LogP contribution in [0.25, 0.3) is 0 Å². The van der Waals surface area contributed by atoms with Gasteiger partial charge in [0.25, 0.3) is 0 Å². The molecule has 0 amide bonds. The van der Waals surface area contributed by atoms with E-state index < -0.39 is 0 Å². The van der Waals surface area contributed by atoms with Gasteiger partial charge in [0, 0.05) is 73.0 Å². The number of rotatable bonds is 16. The number of hydrogen-bond donors (Lipinski definition) is 0. The molecule has 0 radical (unpaired) electrons. The fourth-order valence-electron chi connectivity index (χ4n) is 47.0. The molecule has 20 unspecified atom stereocenters. The monoisotopic (exact) mass is 1750 g/mol. The highest BCUT2D eigenvalue weighted by atomic mass is 15.3. The summed E-state index contributed by atoms with van der Waals surface area (Å²) in [7, 11) is 0. The third kappa shape index (κ3) is 17.1. The van der Waals surface area contributed by atoms with E-state index in [9.17, 15) is 0 Å². The van der Waals surface area contributed by atoms with Crippen molar-refractivity contribution in [2.75, 3.05) is 6.54 Å². The first-order valence-electron chi connectivity index (χ1n) is 62.6. The minimum Gasteiger partial charge on any atom is -0.297 e. The van der Waals surface area contributed by atoms with Crippen molar-refractivity contribution >= 4 is 6.71 Å². The van der Waals surface area contributed by atoms with Crippen LogP contribution in [0.5, 0.6) is 0 Å². The summed E-state index contributed by atoms with van der Waals surface area (Å²) in [4.78, 5) is 15.7. The second-order valence-corrected chi connectivity index (χ2v) is 55.9. The Kier molecular flexibility index (Phi) is 28.0. The molecule has 25 fully saturated rings. The Hall–Kier alpha value is -0.0951. The Morgan fingerprint density at radius 1 is 0.180 bits per heavy atom. The summed E-state index contributed by atoms with van der Waals surface area (Å²) in [6, 6.07) is 9.46. The van der Waals surface area contributed by atoms with Crippen molar-refractivity contribution < 1.29 is 0 Å². The van der Waals surface area contributed by atoms with Gasteiger partial charge in [-0.25, -0.2) is 0 Å². The van der Waals surface area contributed by atoms with Gasteiger partial charge in [0.05, 0.1) is 0 Å². The van der Waals surface area contributed by atoms with Crippen LogP contribution in [-0.2, 0) is 0 Å². The maximum atomic E-state index is 4.19. The molecule has 25 aliphatic rings. The van der Waals surface area contributed by atoms with Crippen LogP contribution >= 0.6 is 0 Å². The van der Waals surface area contributed by atoms with Gasteiger partial charge in [0.1, 0.15) is 0 Å². The van der Waals surface area contributed by atoms with E-state index in [1.54, 1.807) is 494 Å². The summed E-state index contributed by atoms with van der Waals surface area (Å²) in [6.07, 6.45) is 126. The van der Waals surface area contributed by atoms with Gasteiger partial charge < -0.3 is 0 Å². The molecule has 0 spiro atoms. The molecular formula is C123H203BN4. The molecule has 3 heterocycles. The Bertz CT molecular complexity index is 3330. The third-order valence-corrected chi connectivity index (χ3v) is 51.4. The number of fused-ring (bicyclic) bond motifs is 9. The molecule has 0 bridgehead atoms. The van der Waals surface area contributed by atoms with Gasteiger partial charge in [-0.3, -0.25) is 19.6 Å². The standard InChI is InChI=1S/C123H203BN4/c1-9-32-82(33-10-1)86-58-63-96(64-59-86)125(97-65-60-87(61-66-97)83-34-11-2-12-35-83)80-81-72-117-121-118(73-81)128(123-109(90-44-21-7-22-45-90)76-95(85-38-15-4-16-39-85)77-110(123)91-46-23-8-24-47-91)116-79-98(126-113-56-27-25-50-100(113)101-51-26-28-57-114(101)126)67-71-112(116)124(121)111-70-62-93(99-68-69-106-104-53-30-49-92-48-29-52-103(119(92)104)105-55-31-54-102(99)120(105)106)78-115(111)127(117)122-107(88-40-17-5-18-41-88)74-94(84-36-13-3-14-37-84)75-108(122)89-42-19-6-20-43-89/h81-123H,1-80H2/t81?,86?,87?,92-,93?,94?,95?,96?,97?,98-,99?,100-,101?,102?,103?,104-,105?,106?,107?,108?,109-,110+,111?,112+,113?,114+,115?,116?,117?,118?,119?,120-,121?,122?,123?/m0/s1. The van der Waals surface area contributed by atoms with Crippen molar-refractivity contribution in [2.24, 2.45) is 172 Å². The molecular weight excluding hydrogens is 1540 g/mol. The maximum absolute atomic E-state index is 4.19. The number of hydrogen-bond acceptors (Lipinski definition) is 4. The van der Waals surface area contributed by atoms with Gasteiger partial charge in [-0.15, -0.1) is 0 Å². The Morgan fingerprint density at radius 2 is 0.492 bits per heavy atom. The molecule has 22 saturated carbocycles. The van der Waals surface area contributed by atoms with Crippen molar-refractivity contribution in [3.63, 3.8) is 0 Å². The predicted octanol–water partition coefficient (Wildman–Crippen LogP) is 32.9. The van der Waals surface area contributed by atoms with Crippen LogP contribution in [0, 0.1) is 172 Å². The van der Waals surface area contributed by atoms with Gasteiger partial charge in [-0.2, -0.15) is 0 Å². The van der Waals surface area contributed by atoms with E-state index in [0.29, 0.717) is 0 Å². The van der Waals surface area contributed by atoms with Crippen molar-refractivity contribution in [2.45, 2.75) is 591 Å². The average Bonchev–Trinajstić information content (AvgIpc) is 1.43. The molecule has 4 nitrogen and oxygen atoms in total. The Labute approximate surface area is 790 Å². The highest BCUT2D eigenvalue weighted by molar-refractivity contribution is 6.65. The lowest BCUT2D eigenvalue weighted by molar-refractivity contribution is -0.162. The molecule has 0 N–H and O–H groups in total. The van der Waals surface area contributed by atoms with E-state index in [4.69, 9.17) is 0 Å². The summed E-state index contributed by atoms with van der Waals surface area (Å²) in [5.41, 5.74) is 0. The molecule has 3 aliphatic heterocycles. The molecule has 3 saturated heterocycles. The van der Waals surface area contributed by atoms with E-state index in [-0.39, 0.29) is 0 Å². The van der Waals surface area contributed by atoms with Crippen LogP contribution in [0.15, 0.2) is 0 Å². The van der Waals surface area contributed by atoms with Gasteiger partial charge in [0.15, 0.2) is 6.71 Å². The highest BCUT2D eigenvalue weighted by Gasteiger charge is 2.71. The second kappa shape index (κ2) is 40.1. The smallest absolute Gasteiger partial charge is 0.156 e. The molecule has 0 aromatic carbocycles. The zero-order valence-corrected chi connectivity index (χ0v) is 83.8. The second-order valence-electron chi connectivity index (χ2n) is 55.9. The van der Waals surface area contributed by atoms with Crippen LogP contribution in [0.1, 0.15) is 507 Å². The molecule has 25 rings (SSSR count). The summed E-state index contributed by atoms with van der Waals surface area (Å²) in [5.74, 6) is 32.8. The van der Waals surface area contributed by atoms with Gasteiger partial charge in [0.2, 0.25) is 0 Å². The molecule has 22 aliphatic carbocycles.